The summed E-state index contributed by atoms with van der Waals surface area (Å²) in [5.41, 5.74) is 3.60. The van der Waals surface area contributed by atoms with Crippen LogP contribution >= 0.6 is 0 Å². The molecule has 0 radical (unpaired) electrons. The fraction of sp³-hybridized carbons (Fsp3) is 0.259. The lowest BCUT2D eigenvalue weighted by atomic mass is 10.2. The topological polar surface area (TPSA) is 120 Å². The van der Waals surface area contributed by atoms with Gasteiger partial charge in [0.25, 0.3) is 5.91 Å². The molecule has 37 heavy (non-hydrogen) atoms. The van der Waals surface area contributed by atoms with Crippen LogP contribution in [0.2, 0.25) is 0 Å². The number of hydrogen-bond donors (Lipinski definition) is 3. The van der Waals surface area contributed by atoms with Gasteiger partial charge in [-0.2, -0.15) is 0 Å². The maximum absolute atomic E-state index is 12.9. The monoisotopic (exact) mass is 499 g/mol. The number of aliphatic hydroxyl groups excluding tert-OH is 1. The van der Waals surface area contributed by atoms with Gasteiger partial charge in [-0.05, 0) is 49.5 Å². The molecule has 3 N–H and O–H groups in total. The number of aliphatic hydroxyl groups is 1. The van der Waals surface area contributed by atoms with Crippen molar-refractivity contribution in [1.29, 1.82) is 0 Å². The number of piperazine rings is 1. The van der Waals surface area contributed by atoms with E-state index < -0.39 is 0 Å². The van der Waals surface area contributed by atoms with Crippen LogP contribution in [0, 0.1) is 0 Å². The van der Waals surface area contributed by atoms with Crippen LogP contribution in [0.5, 0.6) is 5.75 Å². The average molecular weight is 500 g/mol. The minimum Gasteiger partial charge on any atom is -0.489 e. The number of benzene rings is 1. The summed E-state index contributed by atoms with van der Waals surface area (Å²) in [6.45, 7) is 3.56. The number of carbonyl (C=O) groups excluding carboxylic acids is 1. The molecule has 1 amide bonds. The maximum Gasteiger partial charge on any atom is 0.270 e. The zero-order chi connectivity index (χ0) is 25.6. The highest BCUT2D eigenvalue weighted by molar-refractivity contribution is 5.98. The second-order valence-corrected chi connectivity index (χ2v) is 8.81. The van der Waals surface area contributed by atoms with Crippen LogP contribution in [0.25, 0.3) is 22.3 Å². The second-order valence-electron chi connectivity index (χ2n) is 8.81. The minimum absolute atomic E-state index is 0.0193. The van der Waals surface area contributed by atoms with Crippen LogP contribution in [-0.2, 0) is 0 Å². The number of pyridine rings is 1. The van der Waals surface area contributed by atoms with Gasteiger partial charge < -0.3 is 29.9 Å². The molecule has 0 atom stereocenters. The number of aromatic amines is 1. The molecule has 1 saturated heterocycles. The number of rotatable bonds is 8. The third-order valence-electron chi connectivity index (χ3n) is 6.17. The quantitative estimate of drug-likeness (QED) is 0.317. The van der Waals surface area contributed by atoms with E-state index in [1.807, 2.05) is 35.2 Å². The van der Waals surface area contributed by atoms with Gasteiger partial charge in [-0.25, -0.2) is 9.97 Å². The van der Waals surface area contributed by atoms with E-state index in [1.165, 1.54) is 0 Å². The Morgan fingerprint density at radius 3 is 2.73 bits per heavy atom. The summed E-state index contributed by atoms with van der Waals surface area (Å²) in [4.78, 5) is 33.7. The van der Waals surface area contributed by atoms with Crippen molar-refractivity contribution in [3.63, 3.8) is 0 Å². The number of carbonyl (C=O) groups is 1. The van der Waals surface area contributed by atoms with Gasteiger partial charge in [0, 0.05) is 61.2 Å². The molecule has 0 saturated carbocycles. The first-order valence-corrected chi connectivity index (χ1v) is 12.1. The molecule has 3 aromatic heterocycles. The number of aromatic nitrogens is 4. The van der Waals surface area contributed by atoms with Crippen LogP contribution in [-0.4, -0.2) is 87.2 Å². The molecule has 0 unspecified atom stereocenters. The predicted molar refractivity (Wildman–Crippen MR) is 142 cm³/mol. The zero-order valence-corrected chi connectivity index (χ0v) is 20.6. The highest BCUT2D eigenvalue weighted by atomic mass is 16.5. The molecule has 1 aromatic carbocycles. The molecule has 4 heterocycles. The van der Waals surface area contributed by atoms with E-state index in [0.717, 1.165) is 42.8 Å². The third kappa shape index (κ3) is 5.93. The van der Waals surface area contributed by atoms with Gasteiger partial charge in [0.05, 0.1) is 18.0 Å². The summed E-state index contributed by atoms with van der Waals surface area (Å²) < 4.78 is 5.67. The van der Waals surface area contributed by atoms with Crippen molar-refractivity contribution in [3.8, 4) is 17.1 Å². The lowest BCUT2D eigenvalue weighted by Gasteiger charge is -2.32. The van der Waals surface area contributed by atoms with Crippen LogP contribution < -0.4 is 10.1 Å². The highest BCUT2D eigenvalue weighted by Crippen LogP contribution is 2.25. The summed E-state index contributed by atoms with van der Waals surface area (Å²) in [5, 5.41) is 13.0. The summed E-state index contributed by atoms with van der Waals surface area (Å²) >= 11 is 0. The zero-order valence-electron chi connectivity index (χ0n) is 20.6. The molecule has 0 bridgehead atoms. The predicted octanol–water partition coefficient (Wildman–Crippen LogP) is 3.08. The molecular formula is C27H29N7O3. The normalized spacial score (nSPS) is 14.4. The Bertz CT molecular complexity index is 1410. The van der Waals surface area contributed by atoms with Gasteiger partial charge in [0.2, 0.25) is 5.95 Å². The molecule has 4 aromatic rings. The summed E-state index contributed by atoms with van der Waals surface area (Å²) in [7, 11) is 2.07. The van der Waals surface area contributed by atoms with Crippen molar-refractivity contribution in [1.82, 2.24) is 29.7 Å². The Morgan fingerprint density at radius 2 is 1.89 bits per heavy atom. The van der Waals surface area contributed by atoms with Crippen LogP contribution in [0.3, 0.4) is 0 Å². The first kappa shape index (κ1) is 24.4. The van der Waals surface area contributed by atoms with Crippen molar-refractivity contribution >= 4 is 28.4 Å². The smallest absolute Gasteiger partial charge is 0.270 e. The number of likely N-dealkylation sites (N-methyl/N-ethyl adjacent to an activating group) is 1. The molecule has 1 aliphatic heterocycles. The van der Waals surface area contributed by atoms with Gasteiger partial charge in [-0.3, -0.25) is 9.78 Å². The first-order chi connectivity index (χ1) is 18.1. The van der Waals surface area contributed by atoms with E-state index in [2.05, 4.69) is 37.2 Å². The van der Waals surface area contributed by atoms with Crippen molar-refractivity contribution < 1.29 is 14.6 Å². The maximum atomic E-state index is 12.9. The lowest BCUT2D eigenvalue weighted by molar-refractivity contribution is 0.0659. The van der Waals surface area contributed by atoms with E-state index in [-0.39, 0.29) is 12.5 Å². The summed E-state index contributed by atoms with van der Waals surface area (Å²) in [6.07, 6.45) is 6.71. The van der Waals surface area contributed by atoms with Gasteiger partial charge in [0.1, 0.15) is 18.1 Å². The van der Waals surface area contributed by atoms with E-state index in [9.17, 15) is 4.79 Å². The Kier molecular flexibility index (Phi) is 7.38. The molecule has 10 nitrogen and oxygen atoms in total. The molecule has 10 heteroatoms. The van der Waals surface area contributed by atoms with E-state index in [1.54, 1.807) is 36.7 Å². The number of H-pyrrole nitrogens is 1. The fourth-order valence-electron chi connectivity index (χ4n) is 4.12. The Labute approximate surface area is 214 Å². The van der Waals surface area contributed by atoms with Crippen molar-refractivity contribution in [3.05, 3.63) is 72.7 Å². The van der Waals surface area contributed by atoms with E-state index >= 15 is 0 Å². The lowest BCUT2D eigenvalue weighted by Crippen LogP contribution is -2.47. The number of ether oxygens (including phenoxy) is 1. The van der Waals surface area contributed by atoms with Crippen LogP contribution in [0.15, 0.2) is 67.0 Å². The van der Waals surface area contributed by atoms with Crippen molar-refractivity contribution in [2.24, 2.45) is 0 Å². The van der Waals surface area contributed by atoms with Crippen molar-refractivity contribution in [2.45, 2.75) is 0 Å². The van der Waals surface area contributed by atoms with E-state index in [0.29, 0.717) is 35.4 Å². The second kappa shape index (κ2) is 11.2. The van der Waals surface area contributed by atoms with Crippen LogP contribution in [0.4, 0.5) is 11.6 Å². The van der Waals surface area contributed by atoms with E-state index in [4.69, 9.17) is 9.84 Å². The fourth-order valence-corrected chi connectivity index (χ4v) is 4.12. The largest absolute Gasteiger partial charge is 0.489 e. The Balaban J connectivity index is 1.29. The third-order valence-corrected chi connectivity index (χ3v) is 6.17. The Hall–Kier alpha value is -4.28. The molecule has 0 spiro atoms. The first-order valence-electron chi connectivity index (χ1n) is 12.1. The average Bonchev–Trinajstić information content (AvgIpc) is 3.35. The van der Waals surface area contributed by atoms with Crippen molar-refractivity contribution in [2.75, 3.05) is 51.8 Å². The number of hydrogen-bond acceptors (Lipinski definition) is 8. The van der Waals surface area contributed by atoms with Gasteiger partial charge in [-0.1, -0.05) is 6.08 Å². The number of amides is 1. The molecule has 1 fully saturated rings. The molecule has 1 aliphatic rings. The standard InChI is InChI=1S/C27H29N7O3/c1-33-10-12-34(13-11-33)26(36)25-17-19-16-20(4-5-22(19)31-25)30-27-29-9-7-23(32-27)24-18-21(6-8-28-24)37-15-3-2-14-35/h2-9,16-18,31,35H,10-15H2,1H3,(H,29,30,32). The number of nitrogens with zero attached hydrogens (tertiary/aromatic N) is 5. The Morgan fingerprint density at radius 1 is 1.05 bits per heavy atom. The SMILES string of the molecule is CN1CCN(C(=O)c2cc3cc(Nc4nccc(-c5cc(OCC=CCO)ccn5)n4)ccc3[nH]2)CC1. The molecule has 0 aliphatic carbocycles. The number of nitrogens with one attached hydrogen (secondary N) is 2. The minimum atomic E-state index is -0.0193. The van der Waals surface area contributed by atoms with Gasteiger partial charge >= 0.3 is 0 Å². The number of fused-ring (bicyclic) bond motifs is 1. The van der Waals surface area contributed by atoms with Gasteiger partial charge in [-0.15, -0.1) is 0 Å². The summed E-state index contributed by atoms with van der Waals surface area (Å²) in [5.74, 6) is 1.11. The summed E-state index contributed by atoms with van der Waals surface area (Å²) in [6, 6.07) is 13.1. The number of anilines is 2. The highest BCUT2D eigenvalue weighted by Gasteiger charge is 2.21. The van der Waals surface area contributed by atoms with Gasteiger partial charge in [0.15, 0.2) is 0 Å². The molecule has 5 rings (SSSR count). The molecular weight excluding hydrogens is 470 g/mol. The molecule has 190 valence electrons. The van der Waals surface area contributed by atoms with Crippen LogP contribution in [0.1, 0.15) is 10.5 Å².